The number of thiophene rings is 1. The normalized spacial score (nSPS) is 13.3. The summed E-state index contributed by atoms with van der Waals surface area (Å²) in [6.07, 6.45) is 1.48. The van der Waals surface area contributed by atoms with Crippen LogP contribution in [0.15, 0.2) is 21.7 Å². The summed E-state index contributed by atoms with van der Waals surface area (Å²) >= 11 is 1.12. The van der Waals surface area contributed by atoms with Gasteiger partial charge in [-0.3, -0.25) is 4.79 Å². The van der Waals surface area contributed by atoms with Gasteiger partial charge in [0.05, 0.1) is 6.54 Å². The summed E-state index contributed by atoms with van der Waals surface area (Å²) in [6, 6.07) is 3.18. The van der Waals surface area contributed by atoms with E-state index in [9.17, 15) is 13.2 Å². The predicted molar refractivity (Wildman–Crippen MR) is 82.6 cm³/mol. The highest BCUT2D eigenvalue weighted by Gasteiger charge is 2.23. The summed E-state index contributed by atoms with van der Waals surface area (Å²) in [5.41, 5.74) is 0. The molecule has 0 aromatic carbocycles. The molecule has 1 rings (SSSR count). The number of sulfonamides is 1. The first-order valence-electron chi connectivity index (χ1n) is 6.79. The number of aliphatic hydroxyl groups excluding tert-OH is 1. The maximum absolute atomic E-state index is 12.1. The number of hydrogen-bond donors (Lipinski definition) is 2. The van der Waals surface area contributed by atoms with E-state index in [-0.39, 0.29) is 29.2 Å². The molecule has 1 atom stereocenters. The number of nitrogens with zero attached hydrogens (tertiary/aromatic N) is 1. The molecule has 0 aliphatic carbocycles. The van der Waals surface area contributed by atoms with Gasteiger partial charge in [0.1, 0.15) is 4.21 Å². The van der Waals surface area contributed by atoms with E-state index in [1.54, 1.807) is 11.4 Å². The van der Waals surface area contributed by atoms with E-state index in [1.165, 1.54) is 13.1 Å². The lowest BCUT2D eigenvalue weighted by Crippen LogP contribution is -2.39. The number of likely N-dealkylation sites (N-methyl/N-ethyl adjacent to an activating group) is 1. The lowest BCUT2D eigenvalue weighted by molar-refractivity contribution is -0.121. The lowest BCUT2D eigenvalue weighted by Gasteiger charge is -2.18. The first-order chi connectivity index (χ1) is 9.91. The molecule has 0 radical (unpaired) electrons. The fourth-order valence-corrected chi connectivity index (χ4v) is 4.13. The average molecular weight is 334 g/mol. The summed E-state index contributed by atoms with van der Waals surface area (Å²) in [7, 11) is -2.21. The SMILES string of the molecule is CCC(CCO)CNC(=O)CN(C)S(=O)(=O)c1cccs1. The van der Waals surface area contributed by atoms with Crippen molar-refractivity contribution in [1.29, 1.82) is 0 Å². The van der Waals surface area contributed by atoms with Gasteiger partial charge in [0.2, 0.25) is 5.91 Å². The van der Waals surface area contributed by atoms with Gasteiger partial charge in [-0.1, -0.05) is 19.4 Å². The number of nitrogens with one attached hydrogen (secondary N) is 1. The van der Waals surface area contributed by atoms with Gasteiger partial charge in [0.15, 0.2) is 0 Å². The molecule has 120 valence electrons. The third-order valence-corrected chi connectivity index (χ3v) is 6.40. The first-order valence-corrected chi connectivity index (χ1v) is 9.11. The highest BCUT2D eigenvalue weighted by molar-refractivity contribution is 7.91. The Kier molecular flexibility index (Phi) is 7.30. The predicted octanol–water partition coefficient (Wildman–Crippen LogP) is 0.893. The number of rotatable bonds is 9. The van der Waals surface area contributed by atoms with Crippen LogP contribution in [0.5, 0.6) is 0 Å². The van der Waals surface area contributed by atoms with Crippen molar-refractivity contribution in [2.24, 2.45) is 5.92 Å². The fraction of sp³-hybridized carbons (Fsp3) is 0.615. The molecule has 21 heavy (non-hydrogen) atoms. The first kappa shape index (κ1) is 18.1. The van der Waals surface area contributed by atoms with Gasteiger partial charge < -0.3 is 10.4 Å². The Balaban J connectivity index is 2.51. The highest BCUT2D eigenvalue weighted by atomic mass is 32.2. The van der Waals surface area contributed by atoms with Crippen molar-refractivity contribution in [3.63, 3.8) is 0 Å². The minimum Gasteiger partial charge on any atom is -0.396 e. The van der Waals surface area contributed by atoms with Gasteiger partial charge in [-0.2, -0.15) is 4.31 Å². The summed E-state index contributed by atoms with van der Waals surface area (Å²) in [5, 5.41) is 13.3. The molecule has 1 heterocycles. The molecule has 0 saturated carbocycles. The average Bonchev–Trinajstić information content (AvgIpc) is 2.98. The summed E-state index contributed by atoms with van der Waals surface area (Å²) < 4.78 is 25.6. The molecule has 0 saturated heterocycles. The maximum Gasteiger partial charge on any atom is 0.252 e. The van der Waals surface area contributed by atoms with Gasteiger partial charge >= 0.3 is 0 Å². The summed E-state index contributed by atoms with van der Waals surface area (Å²) in [4.78, 5) is 11.8. The van der Waals surface area contributed by atoms with Crippen molar-refractivity contribution in [2.45, 2.75) is 24.0 Å². The third-order valence-electron chi connectivity index (χ3n) is 3.23. The van der Waals surface area contributed by atoms with Gasteiger partial charge in [0.25, 0.3) is 10.0 Å². The molecular weight excluding hydrogens is 312 g/mol. The van der Waals surface area contributed by atoms with Crippen LogP contribution >= 0.6 is 11.3 Å². The fourth-order valence-electron chi connectivity index (χ4n) is 1.80. The van der Waals surface area contributed by atoms with E-state index < -0.39 is 10.0 Å². The molecule has 1 unspecified atom stereocenters. The van der Waals surface area contributed by atoms with Gasteiger partial charge in [0, 0.05) is 20.2 Å². The van der Waals surface area contributed by atoms with Crippen molar-refractivity contribution < 1.29 is 18.3 Å². The van der Waals surface area contributed by atoms with Crippen LogP contribution in [0.2, 0.25) is 0 Å². The van der Waals surface area contributed by atoms with Crippen molar-refractivity contribution in [2.75, 3.05) is 26.7 Å². The summed E-state index contributed by atoms with van der Waals surface area (Å²) in [5.74, 6) is -0.132. The van der Waals surface area contributed by atoms with Crippen molar-refractivity contribution in [3.05, 3.63) is 17.5 Å². The second-order valence-electron chi connectivity index (χ2n) is 4.78. The van der Waals surface area contributed by atoms with E-state index in [2.05, 4.69) is 5.32 Å². The van der Waals surface area contributed by atoms with Crippen molar-refractivity contribution in [3.8, 4) is 0 Å². The van der Waals surface area contributed by atoms with Gasteiger partial charge in [-0.05, 0) is 23.8 Å². The molecule has 0 fully saturated rings. The smallest absolute Gasteiger partial charge is 0.252 e. The molecule has 1 aromatic rings. The molecule has 0 spiro atoms. The molecule has 2 N–H and O–H groups in total. The van der Waals surface area contributed by atoms with Crippen molar-refractivity contribution in [1.82, 2.24) is 9.62 Å². The second kappa shape index (κ2) is 8.47. The zero-order chi connectivity index (χ0) is 15.9. The molecule has 1 amide bonds. The van der Waals surface area contributed by atoms with Crippen LogP contribution in [0.25, 0.3) is 0 Å². The van der Waals surface area contributed by atoms with E-state index in [1.807, 2.05) is 6.92 Å². The van der Waals surface area contributed by atoms with Crippen LogP contribution in [-0.2, 0) is 14.8 Å². The Hall–Kier alpha value is -0.960. The van der Waals surface area contributed by atoms with Crippen LogP contribution in [0.4, 0.5) is 0 Å². The number of amides is 1. The monoisotopic (exact) mass is 334 g/mol. The van der Waals surface area contributed by atoms with Gasteiger partial charge in [-0.15, -0.1) is 11.3 Å². The van der Waals surface area contributed by atoms with E-state index >= 15 is 0 Å². The molecule has 0 aliphatic rings. The van der Waals surface area contributed by atoms with Crippen LogP contribution in [0, 0.1) is 5.92 Å². The summed E-state index contributed by atoms with van der Waals surface area (Å²) in [6.45, 7) is 2.31. The van der Waals surface area contributed by atoms with Crippen LogP contribution in [0.3, 0.4) is 0 Å². The Morgan fingerprint density at radius 3 is 2.76 bits per heavy atom. The van der Waals surface area contributed by atoms with Crippen molar-refractivity contribution >= 4 is 27.3 Å². The molecular formula is C13H22N2O4S2. The van der Waals surface area contributed by atoms with Crippen LogP contribution < -0.4 is 5.32 Å². The minimum atomic E-state index is -3.59. The molecule has 6 nitrogen and oxygen atoms in total. The molecule has 8 heteroatoms. The Bertz CT molecular complexity index is 528. The lowest BCUT2D eigenvalue weighted by atomic mass is 10.0. The van der Waals surface area contributed by atoms with E-state index in [0.29, 0.717) is 13.0 Å². The zero-order valence-corrected chi connectivity index (χ0v) is 13.9. The molecule has 1 aromatic heterocycles. The Morgan fingerprint density at radius 2 is 2.24 bits per heavy atom. The van der Waals surface area contributed by atoms with Gasteiger partial charge in [-0.25, -0.2) is 8.42 Å². The highest BCUT2D eigenvalue weighted by Crippen LogP contribution is 2.19. The minimum absolute atomic E-state index is 0.0844. The van der Waals surface area contributed by atoms with Crippen LogP contribution in [-0.4, -0.2) is 50.5 Å². The quantitative estimate of drug-likeness (QED) is 0.702. The number of hydrogen-bond acceptors (Lipinski definition) is 5. The largest absolute Gasteiger partial charge is 0.396 e. The van der Waals surface area contributed by atoms with Crippen LogP contribution in [0.1, 0.15) is 19.8 Å². The van der Waals surface area contributed by atoms with E-state index in [4.69, 9.17) is 5.11 Å². The van der Waals surface area contributed by atoms with E-state index in [0.717, 1.165) is 22.1 Å². The number of carbonyl (C=O) groups excluding carboxylic acids is 1. The third kappa shape index (κ3) is 5.39. The zero-order valence-electron chi connectivity index (χ0n) is 12.3. The second-order valence-corrected chi connectivity index (χ2v) is 8.00. The topological polar surface area (TPSA) is 86.7 Å². The number of aliphatic hydroxyl groups is 1. The standard InChI is InChI=1S/C13H22N2O4S2/c1-3-11(6-7-16)9-14-12(17)10-15(2)21(18,19)13-5-4-8-20-13/h4-5,8,11,16H,3,6-7,9-10H2,1-2H3,(H,14,17). The Labute approximate surface area is 129 Å². The molecule has 0 aliphatic heterocycles. The maximum atomic E-state index is 12.1. The molecule has 0 bridgehead atoms. The number of carbonyl (C=O) groups is 1. The Morgan fingerprint density at radius 1 is 1.52 bits per heavy atom.